The van der Waals surface area contributed by atoms with Crippen LogP contribution >= 0.6 is 0 Å². The first kappa shape index (κ1) is 12.8. The molecule has 1 atom stereocenters. The van der Waals surface area contributed by atoms with E-state index >= 15 is 0 Å². The molecule has 1 aromatic heterocycles. The molecule has 0 fully saturated rings. The number of hydrogen-bond donors (Lipinski definition) is 3. The van der Waals surface area contributed by atoms with Crippen LogP contribution in [-0.4, -0.2) is 27.5 Å². The summed E-state index contributed by atoms with van der Waals surface area (Å²) >= 11 is 0. The molecule has 0 bridgehead atoms. The van der Waals surface area contributed by atoms with Gasteiger partial charge in [-0.15, -0.1) is 0 Å². The second-order valence-electron chi connectivity index (χ2n) is 4.36. The van der Waals surface area contributed by atoms with Crippen molar-refractivity contribution in [3.8, 4) is 0 Å². The van der Waals surface area contributed by atoms with Gasteiger partial charge in [0.2, 0.25) is 0 Å². The van der Waals surface area contributed by atoms with Crippen LogP contribution in [0.25, 0.3) is 0 Å². The Morgan fingerprint density at radius 2 is 2.12 bits per heavy atom. The van der Waals surface area contributed by atoms with Gasteiger partial charge in [-0.3, -0.25) is 0 Å². The maximum atomic E-state index is 9.72. The first-order chi connectivity index (χ1) is 7.47. The topological polar surface area (TPSA) is 76.1 Å². The number of aliphatic hydroxyl groups is 1. The number of aromatic nitrogens is 2. The normalized spacial score (nSPS) is 13.1. The lowest BCUT2D eigenvalue weighted by atomic mass is 10.1. The van der Waals surface area contributed by atoms with Gasteiger partial charge in [0.05, 0.1) is 17.5 Å². The fourth-order valence-electron chi connectivity index (χ4n) is 1.45. The molecular weight excluding hydrogens is 204 g/mol. The van der Waals surface area contributed by atoms with Crippen LogP contribution in [0, 0.1) is 12.8 Å². The van der Waals surface area contributed by atoms with E-state index in [2.05, 4.69) is 10.4 Å². The van der Waals surface area contributed by atoms with Crippen LogP contribution in [0.15, 0.2) is 0 Å². The standard InChI is InChI=1S/C11H22N4O/c1-5-15-11(10(12)8(4)14-15)13-6-9(16)7(2)3/h7,9,13,16H,5-6,12H2,1-4H3. The molecule has 1 aromatic rings. The van der Waals surface area contributed by atoms with Crippen LogP contribution in [0.4, 0.5) is 11.5 Å². The molecule has 4 N–H and O–H groups in total. The Morgan fingerprint density at radius 1 is 1.50 bits per heavy atom. The summed E-state index contributed by atoms with van der Waals surface area (Å²) in [5.41, 5.74) is 7.40. The van der Waals surface area contributed by atoms with Crippen LogP contribution in [0.3, 0.4) is 0 Å². The van der Waals surface area contributed by atoms with Crippen molar-refractivity contribution < 1.29 is 5.11 Å². The predicted molar refractivity (Wildman–Crippen MR) is 66.4 cm³/mol. The predicted octanol–water partition coefficient (Wildman–Crippen LogP) is 1.22. The highest BCUT2D eigenvalue weighted by Crippen LogP contribution is 2.22. The van der Waals surface area contributed by atoms with Gasteiger partial charge in [-0.1, -0.05) is 13.8 Å². The molecule has 0 radical (unpaired) electrons. The maximum Gasteiger partial charge on any atom is 0.148 e. The van der Waals surface area contributed by atoms with Gasteiger partial charge in [0.1, 0.15) is 5.82 Å². The van der Waals surface area contributed by atoms with Crippen LogP contribution in [-0.2, 0) is 6.54 Å². The molecule has 0 saturated carbocycles. The Bertz CT molecular complexity index is 346. The van der Waals surface area contributed by atoms with Gasteiger partial charge in [-0.2, -0.15) is 5.10 Å². The first-order valence-electron chi connectivity index (χ1n) is 5.72. The highest BCUT2D eigenvalue weighted by atomic mass is 16.3. The minimum atomic E-state index is -0.375. The van der Waals surface area contributed by atoms with E-state index in [0.717, 1.165) is 18.1 Å². The second kappa shape index (κ2) is 5.21. The fourth-order valence-corrected chi connectivity index (χ4v) is 1.45. The number of nitrogens with two attached hydrogens (primary N) is 1. The lowest BCUT2D eigenvalue weighted by molar-refractivity contribution is 0.137. The average Bonchev–Trinajstić information content (AvgIpc) is 2.51. The third kappa shape index (κ3) is 2.66. The van der Waals surface area contributed by atoms with Crippen molar-refractivity contribution in [1.82, 2.24) is 9.78 Å². The molecule has 16 heavy (non-hydrogen) atoms. The molecule has 1 rings (SSSR count). The summed E-state index contributed by atoms with van der Waals surface area (Å²) in [5.74, 6) is 1.03. The number of nitrogens with zero attached hydrogens (tertiary/aromatic N) is 2. The van der Waals surface area contributed by atoms with Gasteiger partial charge in [0.15, 0.2) is 0 Å². The van der Waals surface area contributed by atoms with Gasteiger partial charge in [0, 0.05) is 13.1 Å². The summed E-state index contributed by atoms with van der Waals surface area (Å²) in [6.07, 6.45) is -0.375. The number of aliphatic hydroxyl groups excluding tert-OH is 1. The molecule has 0 spiro atoms. The lowest BCUT2D eigenvalue weighted by Gasteiger charge is -2.16. The maximum absolute atomic E-state index is 9.72. The molecule has 0 aromatic carbocycles. The highest BCUT2D eigenvalue weighted by molar-refractivity contribution is 5.64. The van der Waals surface area contributed by atoms with Crippen molar-refractivity contribution in [2.75, 3.05) is 17.6 Å². The fraction of sp³-hybridized carbons (Fsp3) is 0.727. The third-order valence-electron chi connectivity index (χ3n) is 2.72. The number of rotatable bonds is 5. The molecule has 0 aliphatic carbocycles. The zero-order chi connectivity index (χ0) is 12.3. The van der Waals surface area contributed by atoms with E-state index < -0.39 is 0 Å². The molecule has 0 aliphatic rings. The smallest absolute Gasteiger partial charge is 0.148 e. The van der Waals surface area contributed by atoms with E-state index in [1.807, 2.05) is 32.4 Å². The Labute approximate surface area is 96.6 Å². The van der Waals surface area contributed by atoms with Gasteiger partial charge < -0.3 is 16.2 Å². The second-order valence-corrected chi connectivity index (χ2v) is 4.36. The van der Waals surface area contributed by atoms with Crippen LogP contribution in [0.1, 0.15) is 26.5 Å². The molecule has 0 aliphatic heterocycles. The molecular formula is C11H22N4O. The van der Waals surface area contributed by atoms with Gasteiger partial charge >= 0.3 is 0 Å². The Morgan fingerprint density at radius 3 is 2.62 bits per heavy atom. The van der Waals surface area contributed by atoms with Crippen molar-refractivity contribution >= 4 is 11.5 Å². The number of anilines is 2. The third-order valence-corrected chi connectivity index (χ3v) is 2.72. The minimum Gasteiger partial charge on any atom is -0.394 e. The van der Waals surface area contributed by atoms with Crippen molar-refractivity contribution in [2.45, 2.75) is 40.3 Å². The molecule has 92 valence electrons. The highest BCUT2D eigenvalue weighted by Gasteiger charge is 2.14. The Hall–Kier alpha value is -1.23. The number of hydrogen-bond acceptors (Lipinski definition) is 4. The van der Waals surface area contributed by atoms with E-state index in [1.54, 1.807) is 0 Å². The van der Waals surface area contributed by atoms with E-state index in [4.69, 9.17) is 5.73 Å². The largest absolute Gasteiger partial charge is 0.394 e. The molecule has 5 heteroatoms. The van der Waals surface area contributed by atoms with E-state index in [-0.39, 0.29) is 12.0 Å². The van der Waals surface area contributed by atoms with Crippen molar-refractivity contribution in [2.24, 2.45) is 5.92 Å². The average molecular weight is 226 g/mol. The monoisotopic (exact) mass is 226 g/mol. The number of nitrogen functional groups attached to an aromatic ring is 1. The van der Waals surface area contributed by atoms with Crippen molar-refractivity contribution in [3.63, 3.8) is 0 Å². The Balaban J connectivity index is 2.73. The zero-order valence-electron chi connectivity index (χ0n) is 10.5. The van der Waals surface area contributed by atoms with Gasteiger partial charge in [-0.05, 0) is 19.8 Å². The molecule has 1 unspecified atom stereocenters. The molecule has 0 amide bonds. The van der Waals surface area contributed by atoms with Gasteiger partial charge in [-0.25, -0.2) is 4.68 Å². The molecule has 0 saturated heterocycles. The summed E-state index contributed by atoms with van der Waals surface area (Å²) in [4.78, 5) is 0. The molecule has 5 nitrogen and oxygen atoms in total. The summed E-state index contributed by atoms with van der Waals surface area (Å²) in [6, 6.07) is 0. The number of nitrogens with one attached hydrogen (secondary N) is 1. The number of aryl methyl sites for hydroxylation is 2. The van der Waals surface area contributed by atoms with Crippen molar-refractivity contribution in [1.29, 1.82) is 0 Å². The summed E-state index contributed by atoms with van der Waals surface area (Å²) in [5, 5.41) is 17.2. The molecule has 1 heterocycles. The lowest BCUT2D eigenvalue weighted by Crippen LogP contribution is -2.26. The Kier molecular flexibility index (Phi) is 4.18. The van der Waals surface area contributed by atoms with E-state index in [0.29, 0.717) is 12.2 Å². The first-order valence-corrected chi connectivity index (χ1v) is 5.72. The van der Waals surface area contributed by atoms with E-state index in [9.17, 15) is 5.11 Å². The van der Waals surface area contributed by atoms with Gasteiger partial charge in [0.25, 0.3) is 0 Å². The van der Waals surface area contributed by atoms with Crippen molar-refractivity contribution in [3.05, 3.63) is 5.69 Å². The van der Waals surface area contributed by atoms with Crippen LogP contribution in [0.2, 0.25) is 0 Å². The zero-order valence-corrected chi connectivity index (χ0v) is 10.5. The van der Waals surface area contributed by atoms with Crippen LogP contribution < -0.4 is 11.1 Å². The summed E-state index contributed by atoms with van der Waals surface area (Å²) in [6.45, 7) is 9.11. The summed E-state index contributed by atoms with van der Waals surface area (Å²) in [7, 11) is 0. The SMILES string of the molecule is CCn1nc(C)c(N)c1NCC(O)C(C)C. The minimum absolute atomic E-state index is 0.229. The quantitative estimate of drug-likeness (QED) is 0.705. The van der Waals surface area contributed by atoms with Crippen LogP contribution in [0.5, 0.6) is 0 Å². The van der Waals surface area contributed by atoms with E-state index in [1.165, 1.54) is 0 Å². The summed E-state index contributed by atoms with van der Waals surface area (Å²) < 4.78 is 1.82.